The maximum Gasteiger partial charge on any atom is 0.236 e. The summed E-state index contributed by atoms with van der Waals surface area (Å²) in [5.41, 5.74) is 0.990. The second kappa shape index (κ2) is 4.92. The fourth-order valence-corrected chi connectivity index (χ4v) is 2.54. The van der Waals surface area contributed by atoms with Gasteiger partial charge in [-0.25, -0.2) is 4.98 Å². The Bertz CT molecular complexity index is 438. The molecular formula is C10H11BrN2OS. The van der Waals surface area contributed by atoms with E-state index in [1.807, 2.05) is 19.2 Å². The Morgan fingerprint density at radius 2 is 2.40 bits per heavy atom. The van der Waals surface area contributed by atoms with E-state index >= 15 is 0 Å². The SMILES string of the molecule is CNCCc1coc(-c2ccc(Br)s2)n1. The highest BCUT2D eigenvalue weighted by Crippen LogP contribution is 2.30. The van der Waals surface area contributed by atoms with Crippen molar-refractivity contribution in [3.05, 3.63) is 27.9 Å². The van der Waals surface area contributed by atoms with Crippen LogP contribution in [0.1, 0.15) is 5.69 Å². The van der Waals surface area contributed by atoms with E-state index < -0.39 is 0 Å². The Labute approximate surface area is 101 Å². The molecule has 3 nitrogen and oxygen atoms in total. The monoisotopic (exact) mass is 286 g/mol. The second-order valence-electron chi connectivity index (χ2n) is 3.10. The molecule has 2 aromatic rings. The minimum absolute atomic E-state index is 0.705. The predicted molar refractivity (Wildman–Crippen MR) is 65.1 cm³/mol. The summed E-state index contributed by atoms with van der Waals surface area (Å²) in [7, 11) is 1.93. The highest BCUT2D eigenvalue weighted by atomic mass is 79.9. The smallest absolute Gasteiger partial charge is 0.236 e. The molecule has 0 spiro atoms. The van der Waals surface area contributed by atoms with Crippen molar-refractivity contribution in [1.82, 2.24) is 10.3 Å². The molecule has 80 valence electrons. The van der Waals surface area contributed by atoms with Gasteiger partial charge < -0.3 is 9.73 Å². The number of thiophene rings is 1. The molecule has 0 fully saturated rings. The molecule has 0 unspecified atom stereocenters. The number of hydrogen-bond acceptors (Lipinski definition) is 4. The van der Waals surface area contributed by atoms with Crippen LogP contribution in [0.15, 0.2) is 26.6 Å². The first kappa shape index (κ1) is 10.9. The van der Waals surface area contributed by atoms with E-state index in [4.69, 9.17) is 4.42 Å². The van der Waals surface area contributed by atoms with Gasteiger partial charge in [0, 0.05) is 13.0 Å². The number of oxazole rings is 1. The third-order valence-electron chi connectivity index (χ3n) is 1.97. The maximum absolute atomic E-state index is 5.41. The molecule has 15 heavy (non-hydrogen) atoms. The lowest BCUT2D eigenvalue weighted by atomic mass is 10.3. The number of halogens is 1. The average Bonchev–Trinajstić information content (AvgIpc) is 2.83. The molecule has 0 saturated heterocycles. The van der Waals surface area contributed by atoms with Gasteiger partial charge in [0.05, 0.1) is 14.4 Å². The van der Waals surface area contributed by atoms with Gasteiger partial charge in [-0.3, -0.25) is 0 Å². The van der Waals surface area contributed by atoms with Crippen LogP contribution in [-0.2, 0) is 6.42 Å². The fourth-order valence-electron chi connectivity index (χ4n) is 1.22. The summed E-state index contributed by atoms with van der Waals surface area (Å²) in [5, 5.41) is 3.08. The average molecular weight is 287 g/mol. The zero-order chi connectivity index (χ0) is 10.7. The van der Waals surface area contributed by atoms with E-state index in [1.54, 1.807) is 17.6 Å². The van der Waals surface area contributed by atoms with Gasteiger partial charge >= 0.3 is 0 Å². The van der Waals surface area contributed by atoms with Crippen LogP contribution in [0, 0.1) is 0 Å². The molecule has 0 aliphatic carbocycles. The van der Waals surface area contributed by atoms with Crippen molar-refractivity contribution in [2.75, 3.05) is 13.6 Å². The van der Waals surface area contributed by atoms with E-state index in [1.165, 1.54) is 0 Å². The summed E-state index contributed by atoms with van der Waals surface area (Å²) in [6, 6.07) is 4.00. The summed E-state index contributed by atoms with van der Waals surface area (Å²) in [6.45, 7) is 0.917. The summed E-state index contributed by atoms with van der Waals surface area (Å²) < 4.78 is 6.50. The molecule has 0 bridgehead atoms. The number of hydrogen-bond donors (Lipinski definition) is 1. The van der Waals surface area contributed by atoms with Crippen LogP contribution < -0.4 is 5.32 Å². The molecule has 2 aromatic heterocycles. The molecular weight excluding hydrogens is 276 g/mol. The third-order valence-corrected chi connectivity index (χ3v) is 3.58. The molecule has 2 rings (SSSR count). The first-order valence-corrected chi connectivity index (χ1v) is 6.25. The van der Waals surface area contributed by atoms with Gasteiger partial charge in [-0.05, 0) is 35.1 Å². The third kappa shape index (κ3) is 2.68. The van der Waals surface area contributed by atoms with Gasteiger partial charge in [-0.2, -0.15) is 0 Å². The molecule has 0 atom stereocenters. The fraction of sp³-hybridized carbons (Fsp3) is 0.300. The maximum atomic E-state index is 5.41. The number of likely N-dealkylation sites (N-methyl/N-ethyl adjacent to an activating group) is 1. The Balaban J connectivity index is 2.13. The first-order chi connectivity index (χ1) is 7.29. The van der Waals surface area contributed by atoms with Crippen LogP contribution in [0.5, 0.6) is 0 Å². The Morgan fingerprint density at radius 3 is 3.07 bits per heavy atom. The lowest BCUT2D eigenvalue weighted by Gasteiger charge is -1.92. The zero-order valence-corrected chi connectivity index (χ0v) is 10.7. The van der Waals surface area contributed by atoms with Gasteiger partial charge in [0.2, 0.25) is 5.89 Å². The van der Waals surface area contributed by atoms with E-state index in [2.05, 4.69) is 26.2 Å². The van der Waals surface area contributed by atoms with Gasteiger partial charge in [-0.15, -0.1) is 11.3 Å². The lowest BCUT2D eigenvalue weighted by Crippen LogP contribution is -2.10. The normalized spacial score (nSPS) is 10.8. The van der Waals surface area contributed by atoms with E-state index in [0.29, 0.717) is 5.89 Å². The van der Waals surface area contributed by atoms with Crippen LogP contribution >= 0.6 is 27.3 Å². The van der Waals surface area contributed by atoms with Crippen molar-refractivity contribution in [2.24, 2.45) is 0 Å². The topological polar surface area (TPSA) is 38.1 Å². The van der Waals surface area contributed by atoms with E-state index in [9.17, 15) is 0 Å². The van der Waals surface area contributed by atoms with Gasteiger partial charge in [0.15, 0.2) is 0 Å². The number of nitrogens with zero attached hydrogens (tertiary/aromatic N) is 1. The molecule has 0 aliphatic rings. The number of rotatable bonds is 4. The quantitative estimate of drug-likeness (QED) is 0.939. The first-order valence-electron chi connectivity index (χ1n) is 4.64. The Morgan fingerprint density at radius 1 is 1.53 bits per heavy atom. The van der Waals surface area contributed by atoms with E-state index in [0.717, 1.165) is 27.3 Å². The van der Waals surface area contributed by atoms with Crippen LogP contribution in [0.4, 0.5) is 0 Å². The summed E-state index contributed by atoms with van der Waals surface area (Å²) in [6.07, 6.45) is 2.62. The van der Waals surface area contributed by atoms with E-state index in [-0.39, 0.29) is 0 Å². The molecule has 0 aliphatic heterocycles. The highest BCUT2D eigenvalue weighted by molar-refractivity contribution is 9.11. The largest absolute Gasteiger partial charge is 0.444 e. The molecule has 0 saturated carbocycles. The lowest BCUT2D eigenvalue weighted by molar-refractivity contribution is 0.573. The number of nitrogens with one attached hydrogen (secondary N) is 1. The number of aromatic nitrogens is 1. The standard InChI is InChI=1S/C10H11BrN2OS/c1-12-5-4-7-6-14-10(13-7)8-2-3-9(11)15-8/h2-3,6,12H,4-5H2,1H3. The Kier molecular flexibility index (Phi) is 3.56. The van der Waals surface area contributed by atoms with Crippen LogP contribution in [0.25, 0.3) is 10.8 Å². The molecule has 0 radical (unpaired) electrons. The second-order valence-corrected chi connectivity index (χ2v) is 5.56. The molecule has 2 heterocycles. The predicted octanol–water partition coefficient (Wildman–Crippen LogP) is 2.93. The summed E-state index contributed by atoms with van der Waals surface area (Å²) >= 11 is 5.04. The minimum atomic E-state index is 0.705. The van der Waals surface area contributed by atoms with Gasteiger partial charge in [-0.1, -0.05) is 0 Å². The highest BCUT2D eigenvalue weighted by Gasteiger charge is 2.08. The summed E-state index contributed by atoms with van der Waals surface area (Å²) in [4.78, 5) is 5.47. The molecule has 5 heteroatoms. The molecule has 1 N–H and O–H groups in total. The van der Waals surface area contributed by atoms with Gasteiger partial charge in [0.1, 0.15) is 6.26 Å². The van der Waals surface area contributed by atoms with Crippen LogP contribution in [0.3, 0.4) is 0 Å². The van der Waals surface area contributed by atoms with Crippen molar-refractivity contribution in [1.29, 1.82) is 0 Å². The molecule has 0 aromatic carbocycles. The van der Waals surface area contributed by atoms with Crippen molar-refractivity contribution >= 4 is 27.3 Å². The zero-order valence-electron chi connectivity index (χ0n) is 8.29. The van der Waals surface area contributed by atoms with Crippen molar-refractivity contribution < 1.29 is 4.42 Å². The van der Waals surface area contributed by atoms with Crippen molar-refractivity contribution in [3.8, 4) is 10.8 Å². The Hall–Kier alpha value is -0.650. The van der Waals surface area contributed by atoms with Crippen molar-refractivity contribution in [2.45, 2.75) is 6.42 Å². The summed E-state index contributed by atoms with van der Waals surface area (Å²) in [5.74, 6) is 0.705. The van der Waals surface area contributed by atoms with Crippen LogP contribution in [0.2, 0.25) is 0 Å². The van der Waals surface area contributed by atoms with Crippen LogP contribution in [-0.4, -0.2) is 18.6 Å². The minimum Gasteiger partial charge on any atom is -0.444 e. The van der Waals surface area contributed by atoms with Crippen molar-refractivity contribution in [3.63, 3.8) is 0 Å². The van der Waals surface area contributed by atoms with Gasteiger partial charge in [0.25, 0.3) is 0 Å². The molecule has 0 amide bonds.